The molecule has 2 atom stereocenters. The van der Waals surface area contributed by atoms with Crippen molar-refractivity contribution in [1.29, 1.82) is 0 Å². The van der Waals surface area contributed by atoms with E-state index < -0.39 is 0 Å². The molecule has 1 aliphatic rings. The van der Waals surface area contributed by atoms with Crippen LogP contribution in [0, 0.1) is 5.92 Å². The van der Waals surface area contributed by atoms with E-state index in [9.17, 15) is 4.79 Å². The molecule has 0 aromatic heterocycles. The molecule has 0 aliphatic carbocycles. The van der Waals surface area contributed by atoms with E-state index in [2.05, 4.69) is 30.1 Å². The van der Waals surface area contributed by atoms with Gasteiger partial charge in [0, 0.05) is 18.3 Å². The highest BCUT2D eigenvalue weighted by Crippen LogP contribution is 2.24. The number of nitrogens with two attached hydrogens (primary N) is 1. The zero-order chi connectivity index (χ0) is 15.4. The monoisotopic (exact) mass is 289 g/mol. The lowest BCUT2D eigenvalue weighted by Gasteiger charge is -2.18. The van der Waals surface area contributed by atoms with Crippen LogP contribution >= 0.6 is 0 Å². The molecule has 0 radical (unpaired) electrons. The molecule has 4 nitrogen and oxygen atoms in total. The third kappa shape index (κ3) is 4.29. The van der Waals surface area contributed by atoms with Gasteiger partial charge in [0.25, 0.3) is 0 Å². The molecule has 1 heterocycles. The minimum absolute atomic E-state index is 0.0634. The van der Waals surface area contributed by atoms with Gasteiger partial charge in [-0.2, -0.15) is 0 Å². The third-order valence-corrected chi connectivity index (χ3v) is 4.28. The lowest BCUT2D eigenvalue weighted by molar-refractivity contribution is -0.117. The predicted molar refractivity (Wildman–Crippen MR) is 87.4 cm³/mol. The molecule has 1 saturated heterocycles. The molecule has 1 fully saturated rings. The van der Waals surface area contributed by atoms with E-state index >= 15 is 0 Å². The van der Waals surface area contributed by atoms with Crippen molar-refractivity contribution in [2.75, 3.05) is 25.0 Å². The van der Waals surface area contributed by atoms with E-state index in [4.69, 9.17) is 5.73 Å². The number of benzene rings is 1. The third-order valence-electron chi connectivity index (χ3n) is 4.28. The quantitative estimate of drug-likeness (QED) is 0.875. The summed E-state index contributed by atoms with van der Waals surface area (Å²) in [4.78, 5) is 14.4. The fraction of sp³-hybridized carbons (Fsp3) is 0.588. The second-order valence-corrected chi connectivity index (χ2v) is 6.43. The molecule has 1 aromatic carbocycles. The summed E-state index contributed by atoms with van der Waals surface area (Å²) in [7, 11) is 0. The van der Waals surface area contributed by atoms with E-state index in [1.54, 1.807) is 0 Å². The molecule has 2 unspecified atom stereocenters. The number of carbonyl (C=O) groups excluding carboxylic acids is 1. The Kier molecular flexibility index (Phi) is 5.37. The van der Waals surface area contributed by atoms with Crippen molar-refractivity contribution in [2.45, 2.75) is 39.2 Å². The number of para-hydroxylation sites is 1. The maximum atomic E-state index is 12.2. The van der Waals surface area contributed by atoms with Crippen molar-refractivity contribution in [3.63, 3.8) is 0 Å². The van der Waals surface area contributed by atoms with Gasteiger partial charge in [-0.15, -0.1) is 0 Å². The summed E-state index contributed by atoms with van der Waals surface area (Å²) in [5.74, 6) is 0.977. The van der Waals surface area contributed by atoms with Gasteiger partial charge in [-0.05, 0) is 43.4 Å². The Morgan fingerprint density at radius 1 is 1.38 bits per heavy atom. The molecule has 4 heteroatoms. The van der Waals surface area contributed by atoms with Crippen LogP contribution in [0.25, 0.3) is 0 Å². The second kappa shape index (κ2) is 7.05. The number of nitrogens with one attached hydrogen (secondary N) is 1. The SMILES string of the molecule is CC(C)c1ccccc1NC(=O)CN1CCC(C(C)N)C1. The van der Waals surface area contributed by atoms with Gasteiger partial charge in [-0.3, -0.25) is 9.69 Å². The molecular weight excluding hydrogens is 262 g/mol. The largest absolute Gasteiger partial charge is 0.328 e. The molecule has 1 aromatic rings. The number of anilines is 1. The van der Waals surface area contributed by atoms with Crippen LogP contribution in [-0.4, -0.2) is 36.5 Å². The number of amides is 1. The summed E-state index contributed by atoms with van der Waals surface area (Å²) >= 11 is 0. The van der Waals surface area contributed by atoms with E-state index in [0.717, 1.165) is 25.2 Å². The van der Waals surface area contributed by atoms with Gasteiger partial charge in [0.05, 0.1) is 6.54 Å². The summed E-state index contributed by atoms with van der Waals surface area (Å²) in [5, 5.41) is 3.05. The summed E-state index contributed by atoms with van der Waals surface area (Å²) in [5.41, 5.74) is 8.05. The minimum Gasteiger partial charge on any atom is -0.328 e. The highest BCUT2D eigenvalue weighted by molar-refractivity contribution is 5.93. The lowest BCUT2D eigenvalue weighted by atomic mass is 10.0. The summed E-state index contributed by atoms with van der Waals surface area (Å²) < 4.78 is 0. The van der Waals surface area contributed by atoms with E-state index in [0.29, 0.717) is 18.4 Å². The molecule has 116 valence electrons. The van der Waals surface area contributed by atoms with Crippen molar-refractivity contribution < 1.29 is 4.79 Å². The van der Waals surface area contributed by atoms with Crippen LogP contribution in [0.3, 0.4) is 0 Å². The summed E-state index contributed by atoms with van der Waals surface area (Å²) in [6.07, 6.45) is 1.09. The van der Waals surface area contributed by atoms with Crippen molar-refractivity contribution >= 4 is 11.6 Å². The number of hydrogen-bond acceptors (Lipinski definition) is 3. The molecule has 0 saturated carbocycles. The summed E-state index contributed by atoms with van der Waals surface area (Å²) in [6.45, 7) is 8.67. The molecule has 21 heavy (non-hydrogen) atoms. The van der Waals surface area contributed by atoms with Crippen LogP contribution in [0.1, 0.15) is 38.7 Å². The number of rotatable bonds is 5. The zero-order valence-corrected chi connectivity index (χ0v) is 13.3. The molecule has 0 bridgehead atoms. The van der Waals surface area contributed by atoms with Gasteiger partial charge >= 0.3 is 0 Å². The van der Waals surface area contributed by atoms with Gasteiger partial charge in [-0.1, -0.05) is 32.0 Å². The van der Waals surface area contributed by atoms with Gasteiger partial charge in [0.1, 0.15) is 0 Å². The van der Waals surface area contributed by atoms with Crippen molar-refractivity contribution in [2.24, 2.45) is 11.7 Å². The molecule has 0 spiro atoms. The Hall–Kier alpha value is -1.39. The Bertz CT molecular complexity index is 485. The molecule has 1 aliphatic heterocycles. The van der Waals surface area contributed by atoms with E-state index in [1.165, 1.54) is 5.56 Å². The molecule has 2 rings (SSSR count). The first-order valence-corrected chi connectivity index (χ1v) is 7.84. The van der Waals surface area contributed by atoms with Gasteiger partial charge in [-0.25, -0.2) is 0 Å². The average Bonchev–Trinajstić information content (AvgIpc) is 2.87. The number of carbonyl (C=O) groups is 1. The van der Waals surface area contributed by atoms with Gasteiger partial charge in [0.15, 0.2) is 0 Å². The topological polar surface area (TPSA) is 58.4 Å². The van der Waals surface area contributed by atoms with Crippen molar-refractivity contribution in [3.8, 4) is 0 Å². The summed E-state index contributed by atoms with van der Waals surface area (Å²) in [6, 6.07) is 8.23. The fourth-order valence-electron chi connectivity index (χ4n) is 2.94. The van der Waals surface area contributed by atoms with Crippen LogP contribution < -0.4 is 11.1 Å². The maximum absolute atomic E-state index is 12.2. The maximum Gasteiger partial charge on any atom is 0.238 e. The molecule has 3 N–H and O–H groups in total. The molecule has 1 amide bonds. The predicted octanol–water partition coefficient (Wildman–Crippen LogP) is 2.42. The van der Waals surface area contributed by atoms with Gasteiger partial charge < -0.3 is 11.1 Å². The van der Waals surface area contributed by atoms with Crippen LogP contribution in [-0.2, 0) is 4.79 Å². The second-order valence-electron chi connectivity index (χ2n) is 6.43. The first kappa shape index (κ1) is 16.0. The van der Waals surface area contributed by atoms with Crippen LogP contribution in [0.5, 0.6) is 0 Å². The Morgan fingerprint density at radius 3 is 2.71 bits per heavy atom. The standard InChI is InChI=1S/C17H27N3O/c1-12(2)15-6-4-5-7-16(15)19-17(21)11-20-9-8-14(10-20)13(3)18/h4-7,12-14H,8-11,18H2,1-3H3,(H,19,21). The minimum atomic E-state index is 0.0634. The first-order chi connectivity index (χ1) is 9.97. The zero-order valence-electron chi connectivity index (χ0n) is 13.3. The average molecular weight is 289 g/mol. The first-order valence-electron chi connectivity index (χ1n) is 7.84. The number of hydrogen-bond donors (Lipinski definition) is 2. The van der Waals surface area contributed by atoms with Crippen LogP contribution in [0.4, 0.5) is 5.69 Å². The molecular formula is C17H27N3O. The van der Waals surface area contributed by atoms with Crippen molar-refractivity contribution in [1.82, 2.24) is 4.90 Å². The normalized spacial score (nSPS) is 20.7. The fourth-order valence-corrected chi connectivity index (χ4v) is 2.94. The smallest absolute Gasteiger partial charge is 0.238 e. The Balaban J connectivity index is 1.91. The van der Waals surface area contributed by atoms with Gasteiger partial charge in [0.2, 0.25) is 5.91 Å². The van der Waals surface area contributed by atoms with Crippen molar-refractivity contribution in [3.05, 3.63) is 29.8 Å². The van der Waals surface area contributed by atoms with E-state index in [-0.39, 0.29) is 11.9 Å². The highest BCUT2D eigenvalue weighted by atomic mass is 16.2. The number of nitrogens with zero attached hydrogens (tertiary/aromatic N) is 1. The Labute approximate surface area is 127 Å². The van der Waals surface area contributed by atoms with Crippen LogP contribution in [0.15, 0.2) is 24.3 Å². The lowest BCUT2D eigenvalue weighted by Crippen LogP contribution is -2.34. The Morgan fingerprint density at radius 2 is 2.10 bits per heavy atom. The van der Waals surface area contributed by atoms with Crippen LogP contribution in [0.2, 0.25) is 0 Å². The highest BCUT2D eigenvalue weighted by Gasteiger charge is 2.26. The number of likely N-dealkylation sites (tertiary alicyclic amines) is 1. The van der Waals surface area contributed by atoms with E-state index in [1.807, 2.05) is 25.1 Å².